The first-order valence-electron chi connectivity index (χ1n) is 13.7. The van der Waals surface area contributed by atoms with Gasteiger partial charge in [-0.05, 0) is 109 Å². The van der Waals surface area contributed by atoms with E-state index < -0.39 is 0 Å². The molecule has 166 valence electrons. The fourth-order valence-corrected chi connectivity index (χ4v) is 17.6. The molecule has 0 heteroatoms. The molecule has 0 nitrogen and oxygen atoms in total. The molecular weight excluding hydrogens is 360 g/mol. The first kappa shape index (κ1) is 18.4. The number of hydrogen-bond acceptors (Lipinski definition) is 0. The van der Waals surface area contributed by atoms with Gasteiger partial charge in [-0.15, -0.1) is 0 Å². The molecular formula is C30H46. The molecule has 9 fully saturated rings. The Morgan fingerprint density at radius 3 is 1.83 bits per heavy atom. The third kappa shape index (κ3) is 0.932. The summed E-state index contributed by atoms with van der Waals surface area (Å²) in [5, 5.41) is 0. The van der Waals surface area contributed by atoms with Crippen LogP contribution in [0.15, 0.2) is 0 Å². The molecule has 0 saturated heterocycles. The van der Waals surface area contributed by atoms with Gasteiger partial charge < -0.3 is 0 Å². The van der Waals surface area contributed by atoms with E-state index in [9.17, 15) is 0 Å². The standard InChI is InChI=1S/C30H46/c1-13-14(2)24(5)16(4)20-19-22-21-18-12-17(13)15(3)25(18,6)30(11)26(21,7)23(19)29(10,27(20,24)8)28(22,30)9/h13-23H,12H2,1-11H3. The first-order chi connectivity index (χ1) is 13.7. The SMILES string of the molecule is CC1C2CC3C4C5C6C7C(C)C(C)(C1C)C7(C)C1(C)C6C4(C)C(C)(C3(C)C2C)C51C. The highest BCUT2D eigenvalue weighted by molar-refractivity contribution is 5.52. The molecule has 10 bridgehead atoms. The van der Waals surface area contributed by atoms with Crippen molar-refractivity contribution < 1.29 is 0 Å². The van der Waals surface area contributed by atoms with Gasteiger partial charge in [-0.2, -0.15) is 0 Å². The van der Waals surface area contributed by atoms with Crippen molar-refractivity contribution in [3.8, 4) is 0 Å². The van der Waals surface area contributed by atoms with E-state index in [0.29, 0.717) is 37.9 Å². The van der Waals surface area contributed by atoms with Gasteiger partial charge in [0.2, 0.25) is 0 Å². The third-order valence-electron chi connectivity index (χ3n) is 18.6. The zero-order valence-electron chi connectivity index (χ0n) is 21.6. The molecule has 18 atom stereocenters. The Balaban J connectivity index is 1.55. The smallest absolute Gasteiger partial charge is 0.0145 e. The average Bonchev–Trinajstić information content (AvgIpc) is 3.36. The predicted molar refractivity (Wildman–Crippen MR) is 122 cm³/mol. The number of fused-ring (bicyclic) bond motifs is 1. The van der Waals surface area contributed by atoms with E-state index in [1.54, 1.807) is 6.42 Å². The van der Waals surface area contributed by atoms with Crippen LogP contribution in [-0.4, -0.2) is 0 Å². The Bertz CT molecular complexity index is 950. The van der Waals surface area contributed by atoms with Crippen LogP contribution in [0.5, 0.6) is 0 Å². The third-order valence-corrected chi connectivity index (χ3v) is 18.6. The fourth-order valence-electron chi connectivity index (χ4n) is 17.6. The summed E-state index contributed by atoms with van der Waals surface area (Å²) in [4.78, 5) is 0. The first-order valence-corrected chi connectivity index (χ1v) is 13.7. The molecule has 30 heavy (non-hydrogen) atoms. The van der Waals surface area contributed by atoms with Gasteiger partial charge in [-0.3, -0.25) is 0 Å². The monoisotopic (exact) mass is 406 g/mol. The van der Waals surface area contributed by atoms with Crippen LogP contribution in [0.25, 0.3) is 0 Å². The van der Waals surface area contributed by atoms with Crippen LogP contribution in [0, 0.1) is 103 Å². The summed E-state index contributed by atoms with van der Waals surface area (Å²) in [5.41, 5.74) is 3.84. The topological polar surface area (TPSA) is 0 Å². The summed E-state index contributed by atoms with van der Waals surface area (Å²) in [7, 11) is 0. The highest BCUT2D eigenvalue weighted by atomic mass is 15.1. The quantitative estimate of drug-likeness (QED) is 0.393. The van der Waals surface area contributed by atoms with Crippen molar-refractivity contribution in [1.29, 1.82) is 0 Å². The van der Waals surface area contributed by atoms with Crippen molar-refractivity contribution in [2.45, 2.75) is 82.6 Å². The summed E-state index contributed by atoms with van der Waals surface area (Å²) in [6, 6.07) is 0. The second kappa shape index (κ2) is 3.94. The molecule has 0 amide bonds. The van der Waals surface area contributed by atoms with Crippen molar-refractivity contribution in [2.75, 3.05) is 0 Å². The maximum Gasteiger partial charge on any atom is -0.0145 e. The van der Waals surface area contributed by atoms with E-state index in [0.717, 1.165) is 65.1 Å². The molecule has 0 heterocycles. The highest BCUT2D eigenvalue weighted by Gasteiger charge is 3.06. The Morgan fingerprint density at radius 1 is 0.567 bits per heavy atom. The zero-order chi connectivity index (χ0) is 21.6. The largest absolute Gasteiger partial charge is 0.0620 e. The molecule has 0 aromatic rings. The van der Waals surface area contributed by atoms with Gasteiger partial charge in [0, 0.05) is 0 Å². The van der Waals surface area contributed by atoms with Crippen LogP contribution >= 0.6 is 0 Å². The summed E-state index contributed by atoms with van der Waals surface area (Å²) >= 11 is 0. The molecule has 9 saturated carbocycles. The lowest BCUT2D eigenvalue weighted by Gasteiger charge is -2.80. The van der Waals surface area contributed by atoms with Gasteiger partial charge in [0.1, 0.15) is 0 Å². The molecule has 0 aliphatic heterocycles. The molecule has 0 aromatic heterocycles. The van der Waals surface area contributed by atoms with Gasteiger partial charge in [-0.25, -0.2) is 0 Å². The van der Waals surface area contributed by atoms with E-state index in [4.69, 9.17) is 0 Å². The second-order valence-electron chi connectivity index (χ2n) is 15.9. The van der Waals surface area contributed by atoms with Crippen LogP contribution in [0.4, 0.5) is 0 Å². The van der Waals surface area contributed by atoms with Crippen LogP contribution in [-0.2, 0) is 0 Å². The summed E-state index contributed by atoms with van der Waals surface area (Å²) in [6.45, 7) is 30.9. The lowest BCUT2D eigenvalue weighted by atomic mass is 9.24. The van der Waals surface area contributed by atoms with Gasteiger partial charge in [-0.1, -0.05) is 76.2 Å². The van der Waals surface area contributed by atoms with Gasteiger partial charge >= 0.3 is 0 Å². The molecule has 0 spiro atoms. The van der Waals surface area contributed by atoms with E-state index in [1.807, 2.05) is 0 Å². The molecule has 9 aliphatic rings. The van der Waals surface area contributed by atoms with Gasteiger partial charge in [0.25, 0.3) is 0 Å². The summed E-state index contributed by atoms with van der Waals surface area (Å²) in [5.74, 6) is 10.7. The van der Waals surface area contributed by atoms with E-state index in [2.05, 4.69) is 76.2 Å². The maximum absolute atomic E-state index is 2.89. The molecule has 18 unspecified atom stereocenters. The number of rotatable bonds is 0. The van der Waals surface area contributed by atoms with Crippen molar-refractivity contribution in [3.63, 3.8) is 0 Å². The Labute approximate surface area is 185 Å². The van der Waals surface area contributed by atoms with Crippen LogP contribution in [0.1, 0.15) is 82.6 Å². The maximum atomic E-state index is 2.89. The van der Waals surface area contributed by atoms with E-state index in [-0.39, 0.29) is 0 Å². The van der Waals surface area contributed by atoms with Crippen molar-refractivity contribution >= 4 is 0 Å². The van der Waals surface area contributed by atoms with E-state index >= 15 is 0 Å². The Hall–Kier alpha value is 0. The minimum absolute atomic E-state index is 0.514. The molecule has 0 radical (unpaired) electrons. The minimum Gasteiger partial charge on any atom is -0.0620 e. The van der Waals surface area contributed by atoms with Crippen LogP contribution in [0.2, 0.25) is 0 Å². The van der Waals surface area contributed by atoms with E-state index in [1.165, 1.54) is 0 Å². The van der Waals surface area contributed by atoms with Crippen molar-refractivity contribution in [1.82, 2.24) is 0 Å². The lowest BCUT2D eigenvalue weighted by Crippen LogP contribution is -2.76. The molecule has 0 aromatic carbocycles. The van der Waals surface area contributed by atoms with Gasteiger partial charge in [0.15, 0.2) is 0 Å². The normalized spacial score (nSPS) is 86.3. The Morgan fingerprint density at radius 2 is 1.20 bits per heavy atom. The predicted octanol–water partition coefficient (Wildman–Crippen LogP) is 7.39. The Kier molecular flexibility index (Phi) is 2.42. The highest BCUT2D eigenvalue weighted by Crippen LogP contribution is 3.10. The lowest BCUT2D eigenvalue weighted by molar-refractivity contribution is -0.334. The van der Waals surface area contributed by atoms with Gasteiger partial charge in [0.05, 0.1) is 0 Å². The zero-order valence-corrected chi connectivity index (χ0v) is 21.6. The molecule has 0 N–H and O–H groups in total. The summed E-state index contributed by atoms with van der Waals surface area (Å²) in [6.07, 6.45) is 1.56. The average molecular weight is 407 g/mol. The van der Waals surface area contributed by atoms with Crippen molar-refractivity contribution in [2.24, 2.45) is 103 Å². The molecule has 9 rings (SSSR count). The minimum atomic E-state index is 0.514. The second-order valence-corrected chi connectivity index (χ2v) is 15.9. The van der Waals surface area contributed by atoms with Crippen LogP contribution < -0.4 is 0 Å². The fraction of sp³-hybridized carbons (Fsp3) is 1.00. The summed E-state index contributed by atoms with van der Waals surface area (Å²) < 4.78 is 0. The molecule has 9 aliphatic carbocycles. The van der Waals surface area contributed by atoms with Crippen molar-refractivity contribution in [3.05, 3.63) is 0 Å². The number of hydrogen-bond donors (Lipinski definition) is 0. The van der Waals surface area contributed by atoms with Crippen LogP contribution in [0.3, 0.4) is 0 Å².